The van der Waals surface area contributed by atoms with Crippen LogP contribution in [0.5, 0.6) is 0 Å². The molecule has 0 radical (unpaired) electrons. The van der Waals surface area contributed by atoms with Gasteiger partial charge in [0.05, 0.1) is 0 Å². The summed E-state index contributed by atoms with van der Waals surface area (Å²) < 4.78 is 0. The quantitative estimate of drug-likeness (QED) is 0.473. The van der Waals surface area contributed by atoms with Crippen molar-refractivity contribution in [1.29, 1.82) is 0 Å². The summed E-state index contributed by atoms with van der Waals surface area (Å²) in [6.45, 7) is 4.07. The molecule has 52 valence electrons. The zero-order chi connectivity index (χ0) is 7.02. The van der Waals surface area contributed by atoms with Crippen LogP contribution in [0, 0.1) is 5.92 Å². The topological polar surface area (TPSA) is 20.3 Å². The molecule has 0 N–H and O–H groups in total. The van der Waals surface area contributed by atoms with Crippen molar-refractivity contribution < 1.29 is 4.79 Å². The molecule has 2 heteroatoms. The molecule has 0 aromatic heterocycles. The highest BCUT2D eigenvalue weighted by Crippen LogP contribution is 2.21. The zero-order valence-electron chi connectivity index (χ0n) is 6.22. The Hall–Kier alpha value is -0.530. The second-order valence-electron chi connectivity index (χ2n) is 2.93. The number of rotatable bonds is 0. The molecular formula is C7H13NO. The van der Waals surface area contributed by atoms with Crippen molar-refractivity contribution in [1.82, 2.24) is 4.90 Å². The first-order valence-corrected chi connectivity index (χ1v) is 3.39. The Morgan fingerprint density at radius 1 is 1.56 bits per heavy atom. The van der Waals surface area contributed by atoms with E-state index in [1.165, 1.54) is 0 Å². The molecule has 0 aliphatic carbocycles. The van der Waals surface area contributed by atoms with E-state index < -0.39 is 0 Å². The third kappa shape index (κ3) is 0.934. The third-order valence-corrected chi connectivity index (χ3v) is 2.13. The monoisotopic (exact) mass is 127 g/mol. The van der Waals surface area contributed by atoms with E-state index in [1.807, 2.05) is 18.9 Å². The van der Waals surface area contributed by atoms with Crippen LogP contribution in [0.4, 0.5) is 0 Å². The molecule has 1 heterocycles. The van der Waals surface area contributed by atoms with Gasteiger partial charge in [-0.15, -0.1) is 0 Å². The van der Waals surface area contributed by atoms with E-state index in [9.17, 15) is 4.79 Å². The second kappa shape index (κ2) is 2.01. The lowest BCUT2D eigenvalue weighted by Gasteiger charge is -2.13. The van der Waals surface area contributed by atoms with E-state index in [-0.39, 0.29) is 5.92 Å². The minimum absolute atomic E-state index is 0.255. The lowest BCUT2D eigenvalue weighted by Crippen LogP contribution is -2.26. The summed E-state index contributed by atoms with van der Waals surface area (Å²) in [4.78, 5) is 12.9. The largest absolute Gasteiger partial charge is 0.343 e. The fraction of sp³-hybridized carbons (Fsp3) is 0.857. The van der Waals surface area contributed by atoms with Gasteiger partial charge in [0.15, 0.2) is 0 Å². The molecule has 9 heavy (non-hydrogen) atoms. The number of carbonyl (C=O) groups is 1. The molecule has 0 bridgehead atoms. The molecule has 0 unspecified atom stereocenters. The predicted octanol–water partition coefficient (Wildman–Crippen LogP) is 0.873. The summed E-state index contributed by atoms with van der Waals surface area (Å²) in [5.41, 5.74) is 0. The molecular weight excluding hydrogens is 114 g/mol. The van der Waals surface area contributed by atoms with Crippen molar-refractivity contribution in [2.24, 2.45) is 5.92 Å². The normalized spacial score (nSPS) is 35.9. The van der Waals surface area contributed by atoms with Gasteiger partial charge in [-0.25, -0.2) is 0 Å². The van der Waals surface area contributed by atoms with Crippen molar-refractivity contribution >= 4 is 5.91 Å². The Labute approximate surface area is 55.8 Å². The van der Waals surface area contributed by atoms with E-state index in [2.05, 4.69) is 6.92 Å². The maximum absolute atomic E-state index is 11.0. The van der Waals surface area contributed by atoms with Crippen molar-refractivity contribution in [2.75, 3.05) is 7.05 Å². The fourth-order valence-electron chi connectivity index (χ4n) is 1.34. The van der Waals surface area contributed by atoms with Gasteiger partial charge in [0, 0.05) is 19.0 Å². The van der Waals surface area contributed by atoms with E-state index in [0.29, 0.717) is 11.9 Å². The molecule has 2 nitrogen and oxygen atoms in total. The van der Waals surface area contributed by atoms with E-state index in [0.717, 1.165) is 6.42 Å². The van der Waals surface area contributed by atoms with Crippen LogP contribution < -0.4 is 0 Å². The summed E-state index contributed by atoms with van der Waals surface area (Å²) >= 11 is 0. The maximum Gasteiger partial charge on any atom is 0.225 e. The Balaban J connectivity index is 2.65. The number of carbonyl (C=O) groups excluding carboxylic acids is 1. The standard InChI is InChI=1S/C7H13NO/c1-5-4-6(2)8(3)7(5)9/h5-6H,4H2,1-3H3/t5-,6-/m0/s1. The predicted molar refractivity (Wildman–Crippen MR) is 36.0 cm³/mol. The molecule has 0 saturated carbocycles. The van der Waals surface area contributed by atoms with Gasteiger partial charge in [0.1, 0.15) is 0 Å². The Morgan fingerprint density at radius 2 is 2.11 bits per heavy atom. The summed E-state index contributed by atoms with van der Waals surface area (Å²) in [5.74, 6) is 0.549. The van der Waals surface area contributed by atoms with Crippen molar-refractivity contribution in [2.45, 2.75) is 26.3 Å². The highest BCUT2D eigenvalue weighted by Gasteiger charge is 2.30. The molecule has 1 saturated heterocycles. The van der Waals surface area contributed by atoms with Gasteiger partial charge >= 0.3 is 0 Å². The van der Waals surface area contributed by atoms with Crippen molar-refractivity contribution in [3.63, 3.8) is 0 Å². The summed E-state index contributed by atoms with van der Waals surface area (Å²) in [5, 5.41) is 0. The van der Waals surface area contributed by atoms with Crippen LogP contribution in [0.3, 0.4) is 0 Å². The third-order valence-electron chi connectivity index (χ3n) is 2.13. The molecule has 0 aromatic carbocycles. The number of likely N-dealkylation sites (tertiary alicyclic amines) is 1. The Kier molecular flexibility index (Phi) is 1.47. The Morgan fingerprint density at radius 3 is 2.22 bits per heavy atom. The highest BCUT2D eigenvalue weighted by atomic mass is 16.2. The van der Waals surface area contributed by atoms with E-state index >= 15 is 0 Å². The average Bonchev–Trinajstić information content (AvgIpc) is 1.98. The molecule has 0 spiro atoms. The molecule has 1 aliphatic rings. The summed E-state index contributed by atoms with van der Waals surface area (Å²) in [6, 6.07) is 0.451. The van der Waals surface area contributed by atoms with Crippen LogP contribution in [0.25, 0.3) is 0 Å². The minimum Gasteiger partial charge on any atom is -0.343 e. The molecule has 1 amide bonds. The van der Waals surface area contributed by atoms with Crippen molar-refractivity contribution in [3.05, 3.63) is 0 Å². The van der Waals surface area contributed by atoms with Crippen LogP contribution in [0.1, 0.15) is 20.3 Å². The number of hydrogen-bond acceptors (Lipinski definition) is 1. The molecule has 1 rings (SSSR count). The molecule has 0 aromatic rings. The van der Waals surface area contributed by atoms with Gasteiger partial charge in [0.25, 0.3) is 0 Å². The lowest BCUT2D eigenvalue weighted by molar-refractivity contribution is -0.130. The summed E-state index contributed by atoms with van der Waals surface area (Å²) in [6.07, 6.45) is 1.02. The Bertz CT molecular complexity index is 133. The first-order valence-electron chi connectivity index (χ1n) is 3.39. The average molecular weight is 127 g/mol. The minimum atomic E-state index is 0.255. The molecule has 1 aliphatic heterocycles. The highest BCUT2D eigenvalue weighted by molar-refractivity contribution is 5.80. The second-order valence-corrected chi connectivity index (χ2v) is 2.93. The van der Waals surface area contributed by atoms with Gasteiger partial charge in [-0.2, -0.15) is 0 Å². The van der Waals surface area contributed by atoms with Gasteiger partial charge in [-0.3, -0.25) is 4.79 Å². The number of amides is 1. The van der Waals surface area contributed by atoms with Crippen LogP contribution in [0.2, 0.25) is 0 Å². The van der Waals surface area contributed by atoms with Crippen molar-refractivity contribution in [3.8, 4) is 0 Å². The van der Waals surface area contributed by atoms with E-state index in [1.54, 1.807) is 0 Å². The first-order chi connectivity index (χ1) is 4.13. The first kappa shape index (κ1) is 6.59. The van der Waals surface area contributed by atoms with Gasteiger partial charge < -0.3 is 4.90 Å². The molecule has 1 fully saturated rings. The number of nitrogens with zero attached hydrogens (tertiary/aromatic N) is 1. The van der Waals surface area contributed by atoms with Crippen LogP contribution in [-0.4, -0.2) is 23.9 Å². The SMILES string of the molecule is C[C@H]1C[C@H](C)N(C)C1=O. The summed E-state index contributed by atoms with van der Waals surface area (Å²) in [7, 11) is 1.87. The molecule has 2 atom stereocenters. The van der Waals surface area contributed by atoms with Gasteiger partial charge in [-0.05, 0) is 13.3 Å². The number of hydrogen-bond donors (Lipinski definition) is 0. The van der Waals surface area contributed by atoms with Crippen LogP contribution in [0.15, 0.2) is 0 Å². The van der Waals surface area contributed by atoms with E-state index in [4.69, 9.17) is 0 Å². The van der Waals surface area contributed by atoms with Gasteiger partial charge in [0.2, 0.25) is 5.91 Å². The fourth-order valence-corrected chi connectivity index (χ4v) is 1.34. The zero-order valence-corrected chi connectivity index (χ0v) is 6.22. The van der Waals surface area contributed by atoms with Crippen LogP contribution in [-0.2, 0) is 4.79 Å². The lowest BCUT2D eigenvalue weighted by atomic mass is 10.1. The smallest absolute Gasteiger partial charge is 0.225 e. The maximum atomic E-state index is 11.0. The van der Waals surface area contributed by atoms with Gasteiger partial charge in [-0.1, -0.05) is 6.92 Å². The van der Waals surface area contributed by atoms with Crippen LogP contribution >= 0.6 is 0 Å².